The number of amides is 1. The zero-order chi connectivity index (χ0) is 18.1. The summed E-state index contributed by atoms with van der Waals surface area (Å²) in [5, 5.41) is 3.23. The number of aromatic nitrogens is 1. The Morgan fingerprint density at radius 3 is 2.58 bits per heavy atom. The molecule has 2 aromatic heterocycles. The highest BCUT2D eigenvalue weighted by atomic mass is 19.2. The molecule has 0 aliphatic rings. The van der Waals surface area contributed by atoms with Crippen LogP contribution in [0, 0.1) is 11.6 Å². The second-order valence-electron chi connectivity index (χ2n) is 5.63. The van der Waals surface area contributed by atoms with Gasteiger partial charge in [-0.1, -0.05) is 18.2 Å². The lowest BCUT2D eigenvalue weighted by Gasteiger charge is -2.10. The highest BCUT2D eigenvalue weighted by Crippen LogP contribution is 2.26. The van der Waals surface area contributed by atoms with Crippen molar-refractivity contribution in [3.8, 4) is 11.5 Å². The number of fused-ring (bicyclic) bond motifs is 1. The Hall–Kier alpha value is -3.54. The summed E-state index contributed by atoms with van der Waals surface area (Å²) in [6.45, 7) is 0. The third-order valence-electron chi connectivity index (χ3n) is 3.91. The van der Waals surface area contributed by atoms with Gasteiger partial charge in [-0.05, 0) is 36.4 Å². The van der Waals surface area contributed by atoms with E-state index in [1.54, 1.807) is 36.4 Å². The fraction of sp³-hybridized carbons (Fsp3) is 0. The summed E-state index contributed by atoms with van der Waals surface area (Å²) < 4.78 is 31.8. The van der Waals surface area contributed by atoms with E-state index < -0.39 is 17.5 Å². The zero-order valence-corrected chi connectivity index (χ0v) is 13.4. The van der Waals surface area contributed by atoms with Crippen molar-refractivity contribution in [2.75, 3.05) is 5.32 Å². The van der Waals surface area contributed by atoms with Gasteiger partial charge in [0.15, 0.2) is 17.4 Å². The summed E-state index contributed by atoms with van der Waals surface area (Å²) in [6, 6.07) is 15.5. The monoisotopic (exact) mass is 350 g/mol. The van der Waals surface area contributed by atoms with Crippen LogP contribution < -0.4 is 5.32 Å². The third-order valence-corrected chi connectivity index (χ3v) is 3.91. The number of rotatable bonds is 3. The number of furan rings is 1. The van der Waals surface area contributed by atoms with Gasteiger partial charge in [0, 0.05) is 17.1 Å². The highest BCUT2D eigenvalue weighted by molar-refractivity contribution is 6.13. The topological polar surface area (TPSA) is 55.1 Å². The van der Waals surface area contributed by atoms with E-state index in [2.05, 4.69) is 10.3 Å². The predicted octanol–water partition coefficient (Wildman–Crippen LogP) is 5.03. The zero-order valence-electron chi connectivity index (χ0n) is 13.4. The summed E-state index contributed by atoms with van der Waals surface area (Å²) in [6.07, 6.45) is 1.52. The van der Waals surface area contributed by atoms with Crippen LogP contribution in [0.15, 0.2) is 71.3 Å². The summed E-state index contributed by atoms with van der Waals surface area (Å²) in [5.74, 6) is -1.93. The number of halogens is 2. The van der Waals surface area contributed by atoms with Crippen LogP contribution in [0.1, 0.15) is 10.4 Å². The second kappa shape index (κ2) is 6.40. The lowest BCUT2D eigenvalue weighted by molar-refractivity contribution is 0.102. The van der Waals surface area contributed by atoms with Gasteiger partial charge in [0.1, 0.15) is 5.69 Å². The number of anilines is 1. The second-order valence-corrected chi connectivity index (χ2v) is 5.63. The van der Waals surface area contributed by atoms with Gasteiger partial charge < -0.3 is 9.73 Å². The highest BCUT2D eigenvalue weighted by Gasteiger charge is 2.15. The van der Waals surface area contributed by atoms with Crippen LogP contribution in [0.25, 0.3) is 22.4 Å². The Labute approximate surface area is 147 Å². The number of nitrogens with one attached hydrogen (secondary N) is 1. The van der Waals surface area contributed by atoms with Crippen molar-refractivity contribution < 1.29 is 18.0 Å². The molecule has 4 aromatic rings. The predicted molar refractivity (Wildman–Crippen MR) is 93.8 cm³/mol. The van der Waals surface area contributed by atoms with E-state index in [0.29, 0.717) is 27.9 Å². The number of para-hydroxylation sites is 1. The van der Waals surface area contributed by atoms with Crippen molar-refractivity contribution in [3.63, 3.8) is 0 Å². The van der Waals surface area contributed by atoms with Crippen molar-refractivity contribution >= 4 is 22.5 Å². The average Bonchev–Trinajstić information content (AvgIpc) is 3.18. The van der Waals surface area contributed by atoms with Crippen LogP contribution in [0.3, 0.4) is 0 Å². The molecule has 0 spiro atoms. The molecule has 0 unspecified atom stereocenters. The first-order valence-electron chi connectivity index (χ1n) is 7.82. The molecule has 4 nitrogen and oxygen atoms in total. The molecule has 0 saturated heterocycles. The van der Waals surface area contributed by atoms with E-state index in [9.17, 15) is 13.6 Å². The van der Waals surface area contributed by atoms with Gasteiger partial charge in [-0.25, -0.2) is 13.8 Å². The van der Waals surface area contributed by atoms with Crippen LogP contribution in [-0.4, -0.2) is 10.9 Å². The molecule has 0 bridgehead atoms. The first-order valence-corrected chi connectivity index (χ1v) is 7.82. The lowest BCUT2D eigenvalue weighted by Crippen LogP contribution is -2.13. The van der Waals surface area contributed by atoms with Gasteiger partial charge in [-0.2, -0.15) is 0 Å². The minimum atomic E-state index is -1.03. The van der Waals surface area contributed by atoms with Gasteiger partial charge >= 0.3 is 0 Å². The van der Waals surface area contributed by atoms with Gasteiger partial charge in [0.2, 0.25) is 0 Å². The molecule has 1 amide bonds. The van der Waals surface area contributed by atoms with E-state index in [1.807, 2.05) is 6.07 Å². The van der Waals surface area contributed by atoms with E-state index in [0.717, 1.165) is 12.1 Å². The maximum atomic E-state index is 13.4. The van der Waals surface area contributed by atoms with Crippen molar-refractivity contribution in [1.82, 2.24) is 4.98 Å². The number of pyridine rings is 1. The van der Waals surface area contributed by atoms with E-state index >= 15 is 0 Å². The standard InChI is InChI=1S/C20H12F2N2O2/c21-15-8-7-12(10-16(15)22)23-20(25)14-11-18(19-6-3-9-26-19)24-17-5-2-1-4-13(14)17/h1-11H,(H,23,25). The number of hydrogen-bond donors (Lipinski definition) is 1. The number of hydrogen-bond acceptors (Lipinski definition) is 3. The largest absolute Gasteiger partial charge is 0.463 e. The Balaban J connectivity index is 1.78. The molecule has 4 rings (SSSR count). The van der Waals surface area contributed by atoms with Crippen LogP contribution in [0.4, 0.5) is 14.5 Å². The molecule has 128 valence electrons. The number of nitrogens with zero attached hydrogens (tertiary/aromatic N) is 1. The van der Waals surface area contributed by atoms with Crippen molar-refractivity contribution in [2.24, 2.45) is 0 Å². The van der Waals surface area contributed by atoms with E-state index in [1.165, 1.54) is 12.3 Å². The summed E-state index contributed by atoms with van der Waals surface area (Å²) in [4.78, 5) is 17.3. The van der Waals surface area contributed by atoms with E-state index in [-0.39, 0.29) is 5.69 Å². The van der Waals surface area contributed by atoms with Crippen LogP contribution >= 0.6 is 0 Å². The third kappa shape index (κ3) is 2.93. The number of carbonyl (C=O) groups is 1. The summed E-state index contributed by atoms with van der Waals surface area (Å²) >= 11 is 0. The van der Waals surface area contributed by atoms with Crippen molar-refractivity contribution in [3.05, 3.63) is 84.1 Å². The average molecular weight is 350 g/mol. The minimum Gasteiger partial charge on any atom is -0.463 e. The summed E-state index contributed by atoms with van der Waals surface area (Å²) in [7, 11) is 0. The Kier molecular flexibility index (Phi) is 3.93. The van der Waals surface area contributed by atoms with Gasteiger partial charge in [0.25, 0.3) is 5.91 Å². The van der Waals surface area contributed by atoms with Crippen LogP contribution in [-0.2, 0) is 0 Å². The van der Waals surface area contributed by atoms with Gasteiger partial charge in [-0.3, -0.25) is 4.79 Å². The molecule has 0 aliphatic carbocycles. The quantitative estimate of drug-likeness (QED) is 0.564. The number of benzene rings is 2. The van der Waals surface area contributed by atoms with Crippen LogP contribution in [0.2, 0.25) is 0 Å². The lowest BCUT2D eigenvalue weighted by atomic mass is 10.1. The maximum absolute atomic E-state index is 13.4. The first kappa shape index (κ1) is 16.0. The molecule has 0 aliphatic heterocycles. The molecule has 0 fully saturated rings. The smallest absolute Gasteiger partial charge is 0.256 e. The molecular weight excluding hydrogens is 338 g/mol. The van der Waals surface area contributed by atoms with E-state index in [4.69, 9.17) is 4.42 Å². The molecule has 0 saturated carbocycles. The fourth-order valence-electron chi connectivity index (χ4n) is 2.69. The molecule has 2 aromatic carbocycles. The minimum absolute atomic E-state index is 0.161. The van der Waals surface area contributed by atoms with Gasteiger partial charge in [0.05, 0.1) is 17.3 Å². The fourth-order valence-corrected chi connectivity index (χ4v) is 2.69. The molecule has 6 heteroatoms. The Bertz CT molecular complexity index is 1110. The Morgan fingerprint density at radius 1 is 0.962 bits per heavy atom. The Morgan fingerprint density at radius 2 is 1.81 bits per heavy atom. The molecular formula is C20H12F2N2O2. The normalized spacial score (nSPS) is 10.8. The first-order chi connectivity index (χ1) is 12.6. The van der Waals surface area contributed by atoms with Crippen molar-refractivity contribution in [2.45, 2.75) is 0 Å². The molecule has 0 atom stereocenters. The van der Waals surface area contributed by atoms with Crippen molar-refractivity contribution in [1.29, 1.82) is 0 Å². The van der Waals surface area contributed by atoms with Crippen LogP contribution in [0.5, 0.6) is 0 Å². The summed E-state index contributed by atoms with van der Waals surface area (Å²) in [5.41, 5.74) is 1.64. The molecule has 0 radical (unpaired) electrons. The molecule has 26 heavy (non-hydrogen) atoms. The molecule has 2 heterocycles. The molecule has 1 N–H and O–H groups in total. The SMILES string of the molecule is O=C(Nc1ccc(F)c(F)c1)c1cc(-c2ccco2)nc2ccccc12. The van der Waals surface area contributed by atoms with Gasteiger partial charge in [-0.15, -0.1) is 0 Å². The number of carbonyl (C=O) groups excluding carboxylic acids is 1. The maximum Gasteiger partial charge on any atom is 0.256 e.